The molecule has 0 heterocycles. The van der Waals surface area contributed by atoms with Crippen LogP contribution in [0.4, 0.5) is 4.79 Å². The van der Waals surface area contributed by atoms with E-state index >= 15 is 0 Å². The van der Waals surface area contributed by atoms with Crippen molar-refractivity contribution in [2.75, 3.05) is 14.2 Å². The van der Waals surface area contributed by atoms with Crippen molar-refractivity contribution in [2.24, 2.45) is 0 Å². The zero-order valence-electron chi connectivity index (χ0n) is 9.18. The fourth-order valence-electron chi connectivity index (χ4n) is 1.19. The van der Waals surface area contributed by atoms with Crippen molar-refractivity contribution in [1.29, 1.82) is 0 Å². The number of sulfone groups is 1. The number of hydrogen-bond acceptors (Lipinski definition) is 5. The predicted molar refractivity (Wildman–Crippen MR) is 57.3 cm³/mol. The van der Waals surface area contributed by atoms with Crippen molar-refractivity contribution >= 4 is 15.1 Å². The Labute approximate surface area is 93.9 Å². The lowest BCUT2D eigenvalue weighted by molar-refractivity contribution is 0.197. The number of carbonyl (C=O) groups is 1. The molecular weight excluding hydrogens is 232 g/mol. The molecule has 0 spiro atoms. The average molecular weight is 244 g/mol. The number of hydrogen-bond donors (Lipinski definition) is 0. The third-order valence-electron chi connectivity index (χ3n) is 1.99. The van der Waals surface area contributed by atoms with Gasteiger partial charge in [0.15, 0.2) is 0 Å². The summed E-state index contributed by atoms with van der Waals surface area (Å²) in [5.41, 5.74) is 0.711. The minimum atomic E-state index is -4.14. The topological polar surface area (TPSA) is 69.7 Å². The zero-order chi connectivity index (χ0) is 12.3. The molecule has 0 aliphatic heterocycles. The van der Waals surface area contributed by atoms with Gasteiger partial charge in [0.2, 0.25) is 0 Å². The molecule has 0 bridgehead atoms. The van der Waals surface area contributed by atoms with Gasteiger partial charge in [0.25, 0.3) is 9.84 Å². The van der Waals surface area contributed by atoms with Gasteiger partial charge in [-0.05, 0) is 24.6 Å². The highest BCUT2D eigenvalue weighted by Gasteiger charge is 2.29. The second-order valence-electron chi connectivity index (χ2n) is 3.11. The van der Waals surface area contributed by atoms with Crippen LogP contribution in [0.25, 0.3) is 0 Å². The second kappa shape index (κ2) is 4.52. The third-order valence-corrected chi connectivity index (χ3v) is 3.50. The Morgan fingerprint density at radius 2 is 1.88 bits per heavy atom. The molecule has 0 amide bonds. The van der Waals surface area contributed by atoms with Gasteiger partial charge >= 0.3 is 5.30 Å². The average Bonchev–Trinajstić information content (AvgIpc) is 2.27. The molecule has 6 heteroatoms. The van der Waals surface area contributed by atoms with Crippen LogP contribution in [0, 0.1) is 6.92 Å². The van der Waals surface area contributed by atoms with Crippen LogP contribution in [-0.4, -0.2) is 27.9 Å². The number of benzene rings is 1. The zero-order valence-corrected chi connectivity index (χ0v) is 10.00. The Kier molecular flexibility index (Phi) is 3.54. The van der Waals surface area contributed by atoms with Gasteiger partial charge in [0, 0.05) is 0 Å². The molecule has 88 valence electrons. The molecule has 1 aromatic carbocycles. The number of ether oxygens (including phenoxy) is 2. The largest absolute Gasteiger partial charge is 0.495 e. The van der Waals surface area contributed by atoms with Gasteiger partial charge in [-0.2, -0.15) is 0 Å². The molecule has 0 aromatic heterocycles. The van der Waals surface area contributed by atoms with Crippen LogP contribution in [-0.2, 0) is 14.6 Å². The first kappa shape index (κ1) is 12.5. The minimum absolute atomic E-state index is 0.121. The molecule has 0 fully saturated rings. The fraction of sp³-hybridized carbons (Fsp3) is 0.300. The van der Waals surface area contributed by atoms with E-state index in [9.17, 15) is 13.2 Å². The van der Waals surface area contributed by atoms with Gasteiger partial charge < -0.3 is 9.47 Å². The maximum absolute atomic E-state index is 11.7. The van der Waals surface area contributed by atoms with E-state index in [2.05, 4.69) is 4.74 Å². The maximum atomic E-state index is 11.7. The Morgan fingerprint density at radius 3 is 2.38 bits per heavy atom. The van der Waals surface area contributed by atoms with Crippen LogP contribution in [0.1, 0.15) is 5.56 Å². The number of carbonyl (C=O) groups excluding carboxylic acids is 1. The predicted octanol–water partition coefficient (Wildman–Crippen LogP) is 1.54. The number of aryl methyl sites for hydroxylation is 1. The van der Waals surface area contributed by atoms with Gasteiger partial charge in [-0.3, -0.25) is 0 Å². The van der Waals surface area contributed by atoms with Crippen LogP contribution < -0.4 is 4.74 Å². The van der Waals surface area contributed by atoms with E-state index in [-0.39, 0.29) is 10.6 Å². The summed E-state index contributed by atoms with van der Waals surface area (Å²) in [4.78, 5) is 11.0. The van der Waals surface area contributed by atoms with E-state index in [4.69, 9.17) is 4.74 Å². The first-order chi connectivity index (χ1) is 7.43. The first-order valence-electron chi connectivity index (χ1n) is 4.41. The molecule has 0 atom stereocenters. The molecule has 0 radical (unpaired) electrons. The van der Waals surface area contributed by atoms with Crippen LogP contribution in [0.5, 0.6) is 5.75 Å². The highest BCUT2D eigenvalue weighted by molar-refractivity contribution is 8.05. The monoisotopic (exact) mass is 244 g/mol. The quantitative estimate of drug-likeness (QED) is 0.738. The standard InChI is InChI=1S/C10H12O5S/c1-7-4-5-8(14-2)9(6-7)16(12,13)10(11)15-3/h4-6H,1-3H3. The molecule has 1 aromatic rings. The number of rotatable bonds is 2. The van der Waals surface area contributed by atoms with Gasteiger partial charge in [0.05, 0.1) is 14.2 Å². The Bertz CT molecular complexity index is 504. The molecule has 0 N–H and O–H groups in total. The number of methoxy groups -OCH3 is 2. The summed E-state index contributed by atoms with van der Waals surface area (Å²) in [6.45, 7) is 1.72. The summed E-state index contributed by atoms with van der Waals surface area (Å²) in [5.74, 6) is 0.121. The lowest BCUT2D eigenvalue weighted by Gasteiger charge is -2.08. The summed E-state index contributed by atoms with van der Waals surface area (Å²) in [5, 5.41) is -1.29. The van der Waals surface area contributed by atoms with Crippen molar-refractivity contribution in [3.05, 3.63) is 23.8 Å². The molecule has 1 rings (SSSR count). The maximum Gasteiger partial charge on any atom is 0.429 e. The van der Waals surface area contributed by atoms with E-state index in [0.717, 1.165) is 7.11 Å². The minimum Gasteiger partial charge on any atom is -0.495 e. The van der Waals surface area contributed by atoms with Crippen LogP contribution >= 0.6 is 0 Å². The van der Waals surface area contributed by atoms with Crippen LogP contribution in [0.15, 0.2) is 23.1 Å². The van der Waals surface area contributed by atoms with Crippen molar-refractivity contribution in [2.45, 2.75) is 11.8 Å². The van der Waals surface area contributed by atoms with Gasteiger partial charge in [0.1, 0.15) is 10.6 Å². The van der Waals surface area contributed by atoms with Crippen LogP contribution in [0.2, 0.25) is 0 Å². The van der Waals surface area contributed by atoms with E-state index in [1.54, 1.807) is 13.0 Å². The summed E-state index contributed by atoms with van der Waals surface area (Å²) >= 11 is 0. The van der Waals surface area contributed by atoms with E-state index in [0.29, 0.717) is 5.56 Å². The molecule has 5 nitrogen and oxygen atoms in total. The molecule has 0 aliphatic rings. The van der Waals surface area contributed by atoms with Crippen molar-refractivity contribution in [3.8, 4) is 5.75 Å². The Morgan fingerprint density at radius 1 is 1.25 bits per heavy atom. The van der Waals surface area contributed by atoms with Gasteiger partial charge in [-0.25, -0.2) is 13.2 Å². The molecular formula is C10H12O5S. The summed E-state index contributed by atoms with van der Waals surface area (Å²) in [6, 6.07) is 4.55. The smallest absolute Gasteiger partial charge is 0.429 e. The second-order valence-corrected chi connectivity index (χ2v) is 4.89. The van der Waals surface area contributed by atoms with Gasteiger partial charge in [-0.15, -0.1) is 0 Å². The Hall–Kier alpha value is -1.56. The Balaban J connectivity index is 3.43. The van der Waals surface area contributed by atoms with E-state index in [1.807, 2.05) is 0 Å². The highest BCUT2D eigenvalue weighted by Crippen LogP contribution is 2.26. The molecule has 0 saturated carbocycles. The van der Waals surface area contributed by atoms with Crippen molar-refractivity contribution < 1.29 is 22.7 Å². The lowest BCUT2D eigenvalue weighted by Crippen LogP contribution is -2.15. The summed E-state index contributed by atoms with van der Waals surface area (Å²) in [6.07, 6.45) is 0. The first-order valence-corrected chi connectivity index (χ1v) is 5.89. The molecule has 16 heavy (non-hydrogen) atoms. The summed E-state index contributed by atoms with van der Waals surface area (Å²) < 4.78 is 32.6. The van der Waals surface area contributed by atoms with Crippen molar-refractivity contribution in [1.82, 2.24) is 0 Å². The molecule has 0 aliphatic carbocycles. The highest BCUT2D eigenvalue weighted by atomic mass is 32.2. The van der Waals surface area contributed by atoms with E-state index < -0.39 is 15.1 Å². The fourth-order valence-corrected chi connectivity index (χ4v) is 2.35. The molecule has 0 unspecified atom stereocenters. The van der Waals surface area contributed by atoms with Crippen LogP contribution in [0.3, 0.4) is 0 Å². The normalized spacial score (nSPS) is 10.9. The lowest BCUT2D eigenvalue weighted by atomic mass is 10.2. The van der Waals surface area contributed by atoms with E-state index in [1.165, 1.54) is 19.2 Å². The van der Waals surface area contributed by atoms with Crippen molar-refractivity contribution in [3.63, 3.8) is 0 Å². The molecule has 0 saturated heterocycles. The SMILES string of the molecule is COC(=O)S(=O)(=O)c1cc(C)ccc1OC. The van der Waals surface area contributed by atoms with Gasteiger partial charge in [-0.1, -0.05) is 6.07 Å². The summed E-state index contributed by atoms with van der Waals surface area (Å²) in [7, 11) is -1.79. The third kappa shape index (κ3) is 2.16.